The van der Waals surface area contributed by atoms with E-state index in [9.17, 15) is 14.4 Å². The maximum absolute atomic E-state index is 12.9. The maximum atomic E-state index is 12.9. The van der Waals surface area contributed by atoms with Crippen LogP contribution in [0.1, 0.15) is 290 Å². The van der Waals surface area contributed by atoms with E-state index in [4.69, 9.17) is 14.2 Å². The van der Waals surface area contributed by atoms with E-state index in [1.54, 1.807) is 0 Å². The molecular formula is C67H114O6. The zero-order valence-electron chi connectivity index (χ0n) is 47.9. The summed E-state index contributed by atoms with van der Waals surface area (Å²) in [5.74, 6) is -0.895. The normalized spacial score (nSPS) is 12.8. The first kappa shape index (κ1) is 69.3. The van der Waals surface area contributed by atoms with Crippen LogP contribution in [0.4, 0.5) is 0 Å². The third-order valence-electron chi connectivity index (χ3n) is 13.1. The minimum absolute atomic E-state index is 0.0830. The van der Waals surface area contributed by atoms with Crippen LogP contribution in [0.3, 0.4) is 0 Å². The highest BCUT2D eigenvalue weighted by Crippen LogP contribution is 2.16. The summed E-state index contributed by atoms with van der Waals surface area (Å²) in [5, 5.41) is 0. The number of carbonyl (C=O) groups excluding carboxylic acids is 3. The standard InChI is InChI=1S/C67H114O6/c1-4-7-10-13-16-19-22-24-26-27-28-29-30-31-32-33-34-35-36-37-38-39-41-42-45-48-51-54-57-60-66(69)72-63-64(62-71-65(68)59-56-53-50-47-44-21-18-15-12-9-6-3)73-67(70)61-58-55-52-49-46-43-40-25-23-20-17-14-11-8-5-2/h7,10,15-16,18-19,24,26,28-29,31-32,34-35,37-38,64H,4-6,8-9,11-14,17,20-23,25,27,30,33,36,39-63H2,1-3H3/b10-7-,18-15-,19-16-,26-24-,29-28-,32-31-,35-34-,38-37-. The second kappa shape index (κ2) is 60.9. The van der Waals surface area contributed by atoms with Crippen LogP contribution in [0.15, 0.2) is 97.2 Å². The van der Waals surface area contributed by atoms with Gasteiger partial charge in [-0.2, -0.15) is 0 Å². The Morgan fingerprint density at radius 1 is 0.288 bits per heavy atom. The van der Waals surface area contributed by atoms with E-state index < -0.39 is 6.10 Å². The minimum atomic E-state index is -0.784. The van der Waals surface area contributed by atoms with Gasteiger partial charge in [-0.25, -0.2) is 0 Å². The highest BCUT2D eigenvalue weighted by Gasteiger charge is 2.19. The van der Waals surface area contributed by atoms with Crippen LogP contribution in [-0.4, -0.2) is 37.2 Å². The van der Waals surface area contributed by atoms with E-state index in [0.717, 1.165) is 116 Å². The molecule has 0 N–H and O–H groups in total. The molecule has 0 aliphatic heterocycles. The summed E-state index contributed by atoms with van der Waals surface area (Å²) in [6.07, 6.45) is 81.2. The van der Waals surface area contributed by atoms with Crippen LogP contribution in [0.25, 0.3) is 0 Å². The zero-order valence-corrected chi connectivity index (χ0v) is 47.9. The lowest BCUT2D eigenvalue weighted by Gasteiger charge is -2.18. The molecule has 0 spiro atoms. The molecule has 0 saturated heterocycles. The first-order valence-electron chi connectivity index (χ1n) is 30.7. The van der Waals surface area contributed by atoms with E-state index in [2.05, 4.69) is 118 Å². The van der Waals surface area contributed by atoms with E-state index in [0.29, 0.717) is 19.3 Å². The molecule has 0 aromatic carbocycles. The van der Waals surface area contributed by atoms with Gasteiger partial charge in [-0.05, 0) is 96.3 Å². The average molecular weight is 1020 g/mol. The van der Waals surface area contributed by atoms with Crippen molar-refractivity contribution >= 4 is 17.9 Å². The Balaban J connectivity index is 4.27. The topological polar surface area (TPSA) is 78.9 Å². The third kappa shape index (κ3) is 59.1. The highest BCUT2D eigenvalue weighted by molar-refractivity contribution is 5.71. The van der Waals surface area contributed by atoms with Gasteiger partial charge in [-0.3, -0.25) is 14.4 Å². The molecule has 1 unspecified atom stereocenters. The molecule has 0 rings (SSSR count). The lowest BCUT2D eigenvalue weighted by molar-refractivity contribution is -0.167. The van der Waals surface area contributed by atoms with E-state index in [1.807, 2.05) is 0 Å². The van der Waals surface area contributed by atoms with E-state index in [1.165, 1.54) is 135 Å². The highest BCUT2D eigenvalue weighted by atomic mass is 16.6. The molecule has 73 heavy (non-hydrogen) atoms. The molecule has 0 saturated carbocycles. The van der Waals surface area contributed by atoms with Gasteiger partial charge >= 0.3 is 17.9 Å². The molecule has 0 aliphatic rings. The molecule has 418 valence electrons. The van der Waals surface area contributed by atoms with Gasteiger partial charge in [0.15, 0.2) is 6.10 Å². The fourth-order valence-corrected chi connectivity index (χ4v) is 8.46. The molecule has 1 atom stereocenters. The molecule has 6 nitrogen and oxygen atoms in total. The van der Waals surface area contributed by atoms with Crippen LogP contribution in [-0.2, 0) is 28.6 Å². The monoisotopic (exact) mass is 1010 g/mol. The lowest BCUT2D eigenvalue weighted by Crippen LogP contribution is -2.30. The smallest absolute Gasteiger partial charge is 0.306 e. The number of unbranched alkanes of at least 4 members (excludes halogenated alkanes) is 28. The van der Waals surface area contributed by atoms with Crippen molar-refractivity contribution in [2.24, 2.45) is 0 Å². The summed E-state index contributed by atoms with van der Waals surface area (Å²) in [6, 6.07) is 0. The molecule has 6 heteroatoms. The first-order valence-corrected chi connectivity index (χ1v) is 30.7. The summed E-state index contributed by atoms with van der Waals surface area (Å²) in [6.45, 7) is 6.49. The molecule has 0 fully saturated rings. The van der Waals surface area contributed by atoms with Crippen molar-refractivity contribution in [3.8, 4) is 0 Å². The van der Waals surface area contributed by atoms with Gasteiger partial charge in [0.25, 0.3) is 0 Å². The van der Waals surface area contributed by atoms with Gasteiger partial charge in [-0.15, -0.1) is 0 Å². The first-order chi connectivity index (χ1) is 36.0. The SMILES string of the molecule is CC/C=C\C/C=C\C/C=C\C/C=C\C/C=C\C/C=C\C/C=C\CCCCCCCCCC(=O)OCC(COC(=O)CCCCCCC/C=C\CCCC)OC(=O)CCCCCCCCCCCCCCCCC. The molecular weight excluding hydrogens is 901 g/mol. The van der Waals surface area contributed by atoms with Crippen LogP contribution >= 0.6 is 0 Å². The molecule has 0 amide bonds. The fourth-order valence-electron chi connectivity index (χ4n) is 8.46. The van der Waals surface area contributed by atoms with Crippen LogP contribution in [0.5, 0.6) is 0 Å². The molecule has 0 aliphatic carbocycles. The van der Waals surface area contributed by atoms with Crippen molar-refractivity contribution in [2.45, 2.75) is 297 Å². The van der Waals surface area contributed by atoms with Crippen LogP contribution in [0, 0.1) is 0 Å². The van der Waals surface area contributed by atoms with Crippen molar-refractivity contribution < 1.29 is 28.6 Å². The summed E-state index contributed by atoms with van der Waals surface area (Å²) in [5.41, 5.74) is 0. The maximum Gasteiger partial charge on any atom is 0.306 e. The Kier molecular flexibility index (Phi) is 57.8. The van der Waals surface area contributed by atoms with E-state index in [-0.39, 0.29) is 31.1 Å². The lowest BCUT2D eigenvalue weighted by atomic mass is 10.0. The van der Waals surface area contributed by atoms with Gasteiger partial charge in [0.1, 0.15) is 13.2 Å². The summed E-state index contributed by atoms with van der Waals surface area (Å²) in [7, 11) is 0. The number of rotatable bonds is 55. The van der Waals surface area contributed by atoms with Crippen molar-refractivity contribution in [2.75, 3.05) is 13.2 Å². The van der Waals surface area contributed by atoms with Gasteiger partial charge in [0, 0.05) is 19.3 Å². The predicted octanol–water partition coefficient (Wildman–Crippen LogP) is 20.9. The average Bonchev–Trinajstić information content (AvgIpc) is 3.39. The Hall–Kier alpha value is -3.67. The van der Waals surface area contributed by atoms with Crippen molar-refractivity contribution in [3.63, 3.8) is 0 Å². The quantitative estimate of drug-likeness (QED) is 0.0261. The second-order valence-electron chi connectivity index (χ2n) is 20.2. The van der Waals surface area contributed by atoms with Crippen molar-refractivity contribution in [1.29, 1.82) is 0 Å². The Bertz CT molecular complexity index is 1440. The summed E-state index contributed by atoms with van der Waals surface area (Å²) < 4.78 is 16.9. The molecule has 0 heterocycles. The van der Waals surface area contributed by atoms with Gasteiger partial charge in [-0.1, -0.05) is 272 Å². The molecule has 0 bridgehead atoms. The fraction of sp³-hybridized carbons (Fsp3) is 0.716. The number of carbonyl (C=O) groups is 3. The largest absolute Gasteiger partial charge is 0.462 e. The van der Waals surface area contributed by atoms with E-state index >= 15 is 0 Å². The Morgan fingerprint density at radius 3 is 0.890 bits per heavy atom. The number of hydrogen-bond donors (Lipinski definition) is 0. The van der Waals surface area contributed by atoms with Crippen molar-refractivity contribution in [1.82, 2.24) is 0 Å². The van der Waals surface area contributed by atoms with Crippen LogP contribution < -0.4 is 0 Å². The summed E-state index contributed by atoms with van der Waals surface area (Å²) in [4.78, 5) is 38.2. The molecule has 0 aromatic rings. The molecule has 0 radical (unpaired) electrons. The second-order valence-corrected chi connectivity index (χ2v) is 20.2. The number of hydrogen-bond acceptors (Lipinski definition) is 6. The Labute approximate surface area is 451 Å². The van der Waals surface area contributed by atoms with Gasteiger partial charge < -0.3 is 14.2 Å². The number of ether oxygens (including phenoxy) is 3. The predicted molar refractivity (Wildman–Crippen MR) is 316 cm³/mol. The molecule has 0 aromatic heterocycles. The van der Waals surface area contributed by atoms with Crippen molar-refractivity contribution in [3.05, 3.63) is 97.2 Å². The van der Waals surface area contributed by atoms with Gasteiger partial charge in [0.2, 0.25) is 0 Å². The number of allylic oxidation sites excluding steroid dienone is 16. The minimum Gasteiger partial charge on any atom is -0.462 e. The Morgan fingerprint density at radius 2 is 0.548 bits per heavy atom. The van der Waals surface area contributed by atoms with Crippen LogP contribution in [0.2, 0.25) is 0 Å². The summed E-state index contributed by atoms with van der Waals surface area (Å²) >= 11 is 0. The zero-order chi connectivity index (χ0) is 52.9. The third-order valence-corrected chi connectivity index (χ3v) is 13.1. The number of esters is 3. The van der Waals surface area contributed by atoms with Gasteiger partial charge in [0.05, 0.1) is 0 Å².